The van der Waals surface area contributed by atoms with E-state index in [-0.39, 0.29) is 11.2 Å². The van der Waals surface area contributed by atoms with Gasteiger partial charge in [-0.3, -0.25) is 0 Å². The van der Waals surface area contributed by atoms with Gasteiger partial charge in [0.2, 0.25) is 0 Å². The van der Waals surface area contributed by atoms with Crippen molar-refractivity contribution in [2.45, 2.75) is 47.0 Å². The molecule has 1 aromatic carbocycles. The van der Waals surface area contributed by atoms with Crippen molar-refractivity contribution in [1.82, 2.24) is 0 Å². The lowest BCUT2D eigenvalue weighted by Crippen LogP contribution is -2.18. The van der Waals surface area contributed by atoms with Crippen molar-refractivity contribution in [3.8, 4) is 0 Å². The van der Waals surface area contributed by atoms with Gasteiger partial charge in [-0.2, -0.15) is 0 Å². The Morgan fingerprint density at radius 1 is 1.12 bits per heavy atom. The first-order valence-electron chi connectivity index (χ1n) is 6.00. The lowest BCUT2D eigenvalue weighted by atomic mass is 9.81. The zero-order valence-electron chi connectivity index (χ0n) is 10.8. The zero-order chi connectivity index (χ0) is 12.2. The summed E-state index contributed by atoms with van der Waals surface area (Å²) in [5.74, 6) is 0.273. The number of aryl methyl sites for hydroxylation is 1. The van der Waals surface area contributed by atoms with E-state index in [2.05, 4.69) is 45.0 Å². The summed E-state index contributed by atoms with van der Waals surface area (Å²) in [6, 6.07) is 8.72. The first kappa shape index (κ1) is 13.0. The normalized spacial score (nSPS) is 11.5. The van der Waals surface area contributed by atoms with Crippen molar-refractivity contribution in [1.29, 1.82) is 0 Å². The van der Waals surface area contributed by atoms with Crippen molar-refractivity contribution < 1.29 is 4.79 Å². The van der Waals surface area contributed by atoms with E-state index in [1.165, 1.54) is 11.1 Å². The van der Waals surface area contributed by atoms with Crippen molar-refractivity contribution >= 4 is 5.78 Å². The van der Waals surface area contributed by atoms with Gasteiger partial charge in [-0.05, 0) is 36.3 Å². The van der Waals surface area contributed by atoms with E-state index in [0.29, 0.717) is 6.42 Å². The standard InChI is InChI=1S/C15H22O/c1-5-13-6-8-14(9-7-13)11-15(3,4)10-12(2)16/h6-9H,5,10-11H2,1-4H3. The predicted molar refractivity (Wildman–Crippen MR) is 68.6 cm³/mol. The first-order chi connectivity index (χ1) is 7.43. The van der Waals surface area contributed by atoms with Crippen LogP contribution in [0.3, 0.4) is 0 Å². The Morgan fingerprint density at radius 3 is 2.06 bits per heavy atom. The molecule has 0 fully saturated rings. The van der Waals surface area contributed by atoms with Gasteiger partial charge in [0, 0.05) is 6.42 Å². The predicted octanol–water partition coefficient (Wildman–Crippen LogP) is 3.80. The summed E-state index contributed by atoms with van der Waals surface area (Å²) in [5, 5.41) is 0. The summed E-state index contributed by atoms with van der Waals surface area (Å²) in [6.07, 6.45) is 2.70. The smallest absolute Gasteiger partial charge is 0.130 e. The molecular weight excluding hydrogens is 196 g/mol. The van der Waals surface area contributed by atoms with Crippen LogP contribution >= 0.6 is 0 Å². The van der Waals surface area contributed by atoms with Gasteiger partial charge in [0.05, 0.1) is 0 Å². The maximum atomic E-state index is 11.2. The number of hydrogen-bond donors (Lipinski definition) is 0. The molecule has 0 bridgehead atoms. The highest BCUT2D eigenvalue weighted by atomic mass is 16.1. The molecule has 0 saturated heterocycles. The summed E-state index contributed by atoms with van der Waals surface area (Å²) in [7, 11) is 0. The van der Waals surface area contributed by atoms with E-state index in [1.807, 2.05) is 0 Å². The Balaban J connectivity index is 2.68. The molecule has 0 N–H and O–H groups in total. The van der Waals surface area contributed by atoms with Crippen molar-refractivity contribution in [3.05, 3.63) is 35.4 Å². The fraction of sp³-hybridized carbons (Fsp3) is 0.533. The highest BCUT2D eigenvalue weighted by Crippen LogP contribution is 2.26. The minimum atomic E-state index is 0.0690. The second-order valence-electron chi connectivity index (χ2n) is 5.39. The van der Waals surface area contributed by atoms with E-state index in [1.54, 1.807) is 6.92 Å². The molecule has 0 heterocycles. The maximum Gasteiger partial charge on any atom is 0.130 e. The zero-order valence-corrected chi connectivity index (χ0v) is 10.8. The van der Waals surface area contributed by atoms with Gasteiger partial charge in [0.1, 0.15) is 5.78 Å². The van der Waals surface area contributed by atoms with Crippen LogP contribution in [-0.2, 0) is 17.6 Å². The third-order valence-corrected chi connectivity index (χ3v) is 2.84. The number of ketones is 1. The quantitative estimate of drug-likeness (QED) is 0.734. The van der Waals surface area contributed by atoms with Crippen LogP contribution in [0.15, 0.2) is 24.3 Å². The van der Waals surface area contributed by atoms with Crippen molar-refractivity contribution in [2.75, 3.05) is 0 Å². The topological polar surface area (TPSA) is 17.1 Å². The van der Waals surface area contributed by atoms with Crippen molar-refractivity contribution in [2.24, 2.45) is 5.41 Å². The van der Waals surface area contributed by atoms with Crippen molar-refractivity contribution in [3.63, 3.8) is 0 Å². The third kappa shape index (κ3) is 4.18. The molecule has 0 atom stereocenters. The maximum absolute atomic E-state index is 11.2. The Kier molecular flexibility index (Phi) is 4.28. The molecule has 0 aliphatic heterocycles. The molecule has 0 aliphatic rings. The largest absolute Gasteiger partial charge is 0.300 e. The Bertz CT molecular complexity index is 346. The number of hydrogen-bond acceptors (Lipinski definition) is 1. The highest BCUT2D eigenvalue weighted by molar-refractivity contribution is 5.76. The molecule has 0 radical (unpaired) electrons. The number of rotatable bonds is 5. The minimum Gasteiger partial charge on any atom is -0.300 e. The second-order valence-corrected chi connectivity index (χ2v) is 5.39. The molecule has 0 unspecified atom stereocenters. The van der Waals surface area contributed by atoms with Gasteiger partial charge in [-0.1, -0.05) is 45.0 Å². The summed E-state index contributed by atoms with van der Waals surface area (Å²) >= 11 is 0. The molecule has 1 aromatic rings. The van der Waals surface area contributed by atoms with E-state index < -0.39 is 0 Å². The molecule has 0 spiro atoms. The van der Waals surface area contributed by atoms with E-state index in [0.717, 1.165) is 12.8 Å². The van der Waals surface area contributed by atoms with Crippen LogP contribution in [0.25, 0.3) is 0 Å². The molecule has 0 saturated carbocycles. The van der Waals surface area contributed by atoms with Gasteiger partial charge in [0.25, 0.3) is 0 Å². The monoisotopic (exact) mass is 218 g/mol. The van der Waals surface area contributed by atoms with Crippen LogP contribution in [0, 0.1) is 5.41 Å². The minimum absolute atomic E-state index is 0.0690. The van der Waals surface area contributed by atoms with Crippen LogP contribution in [-0.4, -0.2) is 5.78 Å². The fourth-order valence-electron chi connectivity index (χ4n) is 2.18. The third-order valence-electron chi connectivity index (χ3n) is 2.84. The molecule has 0 amide bonds. The summed E-state index contributed by atoms with van der Waals surface area (Å²) in [6.45, 7) is 8.14. The summed E-state index contributed by atoms with van der Waals surface area (Å²) in [4.78, 5) is 11.2. The van der Waals surface area contributed by atoms with E-state index >= 15 is 0 Å². The summed E-state index contributed by atoms with van der Waals surface area (Å²) in [5.41, 5.74) is 2.76. The lowest BCUT2D eigenvalue weighted by Gasteiger charge is -2.23. The summed E-state index contributed by atoms with van der Waals surface area (Å²) < 4.78 is 0. The molecule has 16 heavy (non-hydrogen) atoms. The second kappa shape index (κ2) is 5.29. The molecule has 88 valence electrons. The molecule has 0 aromatic heterocycles. The van der Waals surface area contributed by atoms with Gasteiger partial charge >= 0.3 is 0 Å². The molecule has 1 heteroatoms. The van der Waals surface area contributed by atoms with Gasteiger partial charge in [0.15, 0.2) is 0 Å². The molecular formula is C15H22O. The fourth-order valence-corrected chi connectivity index (χ4v) is 2.18. The highest BCUT2D eigenvalue weighted by Gasteiger charge is 2.20. The lowest BCUT2D eigenvalue weighted by molar-refractivity contribution is -0.118. The van der Waals surface area contributed by atoms with Crippen LogP contribution in [0.5, 0.6) is 0 Å². The Morgan fingerprint density at radius 2 is 1.62 bits per heavy atom. The average molecular weight is 218 g/mol. The van der Waals surface area contributed by atoms with Crippen LogP contribution < -0.4 is 0 Å². The number of benzene rings is 1. The van der Waals surface area contributed by atoms with Crippen LogP contribution in [0.4, 0.5) is 0 Å². The van der Waals surface area contributed by atoms with Gasteiger partial charge in [-0.15, -0.1) is 0 Å². The van der Waals surface area contributed by atoms with Crippen LogP contribution in [0.1, 0.15) is 45.2 Å². The van der Waals surface area contributed by atoms with Gasteiger partial charge in [-0.25, -0.2) is 0 Å². The Labute approximate surface area is 98.9 Å². The van der Waals surface area contributed by atoms with E-state index in [9.17, 15) is 4.79 Å². The molecule has 1 rings (SSSR count). The molecule has 0 aliphatic carbocycles. The molecule has 1 nitrogen and oxygen atoms in total. The number of carbonyl (C=O) groups is 1. The first-order valence-corrected chi connectivity index (χ1v) is 6.00. The number of carbonyl (C=O) groups excluding carboxylic acids is 1. The average Bonchev–Trinajstić information content (AvgIpc) is 2.16. The number of Topliss-reactive ketones (excluding diaryl/α,β-unsaturated/α-hetero) is 1. The van der Waals surface area contributed by atoms with E-state index in [4.69, 9.17) is 0 Å². The SMILES string of the molecule is CCc1ccc(CC(C)(C)CC(C)=O)cc1. The van der Waals surface area contributed by atoms with Crippen LogP contribution in [0.2, 0.25) is 0 Å². The Hall–Kier alpha value is -1.11. The van der Waals surface area contributed by atoms with Gasteiger partial charge < -0.3 is 4.79 Å².